The minimum absolute atomic E-state index is 0.183. The van der Waals surface area contributed by atoms with E-state index in [1.165, 1.54) is 20.5 Å². The van der Waals surface area contributed by atoms with Crippen LogP contribution in [0.5, 0.6) is 0 Å². The first-order valence-corrected chi connectivity index (χ1v) is 4.38. The van der Waals surface area contributed by atoms with E-state index >= 15 is 0 Å². The maximum Gasteiger partial charge on any atom is 0.408 e. The van der Waals surface area contributed by atoms with Crippen molar-refractivity contribution >= 4 is 12.1 Å². The standard InChI is InChI=1S/C9H13NO5/c1-14-5-6-3-7(8(11)15-2)10(4-6)9(12)13/h5,7H,3-4H2,1-2H3,(H,12,13). The maximum atomic E-state index is 11.3. The second-order valence-corrected chi connectivity index (χ2v) is 3.17. The van der Waals surface area contributed by atoms with E-state index in [0.29, 0.717) is 6.42 Å². The van der Waals surface area contributed by atoms with Gasteiger partial charge in [-0.15, -0.1) is 0 Å². The number of nitrogens with zero attached hydrogens (tertiary/aromatic N) is 1. The Balaban J connectivity index is 2.81. The molecule has 6 nitrogen and oxygen atoms in total. The quantitative estimate of drug-likeness (QED) is 0.534. The summed E-state index contributed by atoms with van der Waals surface area (Å²) in [5, 5.41) is 8.86. The van der Waals surface area contributed by atoms with Crippen LogP contribution in [0.1, 0.15) is 6.42 Å². The van der Waals surface area contributed by atoms with Crippen molar-refractivity contribution in [2.45, 2.75) is 12.5 Å². The van der Waals surface area contributed by atoms with Gasteiger partial charge in [0.1, 0.15) is 6.04 Å². The molecule has 6 heteroatoms. The summed E-state index contributed by atoms with van der Waals surface area (Å²) in [7, 11) is 2.71. The van der Waals surface area contributed by atoms with Gasteiger partial charge in [0.15, 0.2) is 0 Å². The molecule has 0 saturated carbocycles. The molecule has 1 rings (SSSR count). The highest BCUT2D eigenvalue weighted by atomic mass is 16.5. The maximum absolute atomic E-state index is 11.3. The van der Waals surface area contributed by atoms with Crippen molar-refractivity contribution in [1.29, 1.82) is 0 Å². The average Bonchev–Trinajstić information content (AvgIpc) is 2.61. The van der Waals surface area contributed by atoms with E-state index in [1.807, 2.05) is 0 Å². The van der Waals surface area contributed by atoms with Gasteiger partial charge in [-0.3, -0.25) is 4.90 Å². The summed E-state index contributed by atoms with van der Waals surface area (Å²) in [4.78, 5) is 23.2. The minimum atomic E-state index is -1.13. The molecular weight excluding hydrogens is 202 g/mol. The molecule has 0 spiro atoms. The molecule has 84 valence electrons. The summed E-state index contributed by atoms with van der Waals surface area (Å²) < 4.78 is 9.31. The molecule has 1 saturated heterocycles. The van der Waals surface area contributed by atoms with Gasteiger partial charge in [-0.05, 0) is 5.57 Å². The van der Waals surface area contributed by atoms with Crippen LogP contribution in [0.4, 0.5) is 4.79 Å². The van der Waals surface area contributed by atoms with Crippen molar-refractivity contribution in [3.05, 3.63) is 11.8 Å². The van der Waals surface area contributed by atoms with Gasteiger partial charge in [-0.2, -0.15) is 0 Å². The minimum Gasteiger partial charge on any atom is -0.504 e. The summed E-state index contributed by atoms with van der Waals surface area (Å²) in [5.74, 6) is -0.545. The molecule has 1 N–H and O–H groups in total. The van der Waals surface area contributed by atoms with Gasteiger partial charge < -0.3 is 14.6 Å². The first-order chi connectivity index (χ1) is 7.10. The molecule has 1 heterocycles. The molecule has 0 aromatic rings. The number of likely N-dealkylation sites (tertiary alicyclic amines) is 1. The van der Waals surface area contributed by atoms with Crippen molar-refractivity contribution in [3.8, 4) is 0 Å². The lowest BCUT2D eigenvalue weighted by Gasteiger charge is -2.17. The number of amides is 1. The average molecular weight is 215 g/mol. The third-order valence-corrected chi connectivity index (χ3v) is 2.21. The Morgan fingerprint density at radius 1 is 1.53 bits per heavy atom. The molecule has 15 heavy (non-hydrogen) atoms. The summed E-state index contributed by atoms with van der Waals surface area (Å²) in [6, 6.07) is -0.756. The van der Waals surface area contributed by atoms with Crippen LogP contribution in [-0.2, 0) is 14.3 Å². The molecular formula is C9H13NO5. The van der Waals surface area contributed by atoms with E-state index in [-0.39, 0.29) is 6.54 Å². The number of hydrogen-bond acceptors (Lipinski definition) is 4. The Morgan fingerprint density at radius 3 is 2.67 bits per heavy atom. The molecule has 0 bridgehead atoms. The number of carboxylic acid groups (broad SMARTS) is 1. The first-order valence-electron chi connectivity index (χ1n) is 4.38. The first kappa shape index (κ1) is 11.4. The molecule has 0 aliphatic carbocycles. The van der Waals surface area contributed by atoms with Crippen molar-refractivity contribution in [2.75, 3.05) is 20.8 Å². The Kier molecular flexibility index (Phi) is 3.54. The fourth-order valence-electron chi connectivity index (χ4n) is 1.55. The lowest BCUT2D eigenvalue weighted by molar-refractivity contribution is -0.145. The van der Waals surface area contributed by atoms with Gasteiger partial charge in [-0.1, -0.05) is 0 Å². The summed E-state index contributed by atoms with van der Waals surface area (Å²) >= 11 is 0. The van der Waals surface area contributed by atoms with E-state index in [4.69, 9.17) is 9.84 Å². The van der Waals surface area contributed by atoms with Crippen LogP contribution in [-0.4, -0.2) is 48.9 Å². The van der Waals surface area contributed by atoms with Crippen molar-refractivity contribution in [3.63, 3.8) is 0 Å². The number of methoxy groups -OCH3 is 2. The van der Waals surface area contributed by atoms with Crippen molar-refractivity contribution in [1.82, 2.24) is 4.90 Å². The van der Waals surface area contributed by atoms with Crippen LogP contribution < -0.4 is 0 Å². The van der Waals surface area contributed by atoms with E-state index in [2.05, 4.69) is 4.74 Å². The molecule has 1 aliphatic rings. The molecule has 1 unspecified atom stereocenters. The van der Waals surface area contributed by atoms with Crippen LogP contribution in [0.25, 0.3) is 0 Å². The second kappa shape index (κ2) is 4.68. The molecule has 0 aromatic carbocycles. The predicted molar refractivity (Wildman–Crippen MR) is 50.2 cm³/mol. The molecule has 1 fully saturated rings. The number of hydrogen-bond donors (Lipinski definition) is 1. The summed E-state index contributed by atoms with van der Waals surface area (Å²) in [5.41, 5.74) is 0.760. The smallest absolute Gasteiger partial charge is 0.408 e. The molecule has 1 amide bonds. The summed E-state index contributed by atoms with van der Waals surface area (Å²) in [6.45, 7) is 0.183. The van der Waals surface area contributed by atoms with Crippen LogP contribution in [0.15, 0.2) is 11.8 Å². The van der Waals surface area contributed by atoms with E-state index < -0.39 is 18.1 Å². The van der Waals surface area contributed by atoms with Gasteiger partial charge in [-0.25, -0.2) is 9.59 Å². The Hall–Kier alpha value is -1.72. The largest absolute Gasteiger partial charge is 0.504 e. The predicted octanol–water partition coefficient (Wildman–Crippen LogP) is 0.442. The van der Waals surface area contributed by atoms with Crippen LogP contribution >= 0.6 is 0 Å². The van der Waals surface area contributed by atoms with E-state index in [0.717, 1.165) is 10.5 Å². The molecule has 0 radical (unpaired) electrons. The van der Waals surface area contributed by atoms with Crippen molar-refractivity contribution < 1.29 is 24.2 Å². The van der Waals surface area contributed by atoms with E-state index in [9.17, 15) is 9.59 Å². The number of carbonyl (C=O) groups is 2. The van der Waals surface area contributed by atoms with Gasteiger partial charge in [0.2, 0.25) is 0 Å². The fourth-order valence-corrected chi connectivity index (χ4v) is 1.55. The highest BCUT2D eigenvalue weighted by molar-refractivity contribution is 5.82. The van der Waals surface area contributed by atoms with Crippen LogP contribution in [0.2, 0.25) is 0 Å². The Morgan fingerprint density at radius 2 is 2.20 bits per heavy atom. The normalized spacial score (nSPS) is 22.9. The van der Waals surface area contributed by atoms with Gasteiger partial charge >= 0.3 is 12.1 Å². The van der Waals surface area contributed by atoms with E-state index in [1.54, 1.807) is 0 Å². The lowest BCUT2D eigenvalue weighted by Crippen LogP contribution is -2.40. The zero-order chi connectivity index (χ0) is 11.4. The number of rotatable bonds is 2. The topological polar surface area (TPSA) is 76.1 Å². The van der Waals surface area contributed by atoms with Gasteiger partial charge in [0.25, 0.3) is 0 Å². The lowest BCUT2D eigenvalue weighted by atomic mass is 10.2. The third-order valence-electron chi connectivity index (χ3n) is 2.21. The fraction of sp³-hybridized carbons (Fsp3) is 0.556. The Labute approximate surface area is 87.1 Å². The molecule has 1 aliphatic heterocycles. The third kappa shape index (κ3) is 2.39. The zero-order valence-electron chi connectivity index (χ0n) is 8.60. The molecule has 1 atom stereocenters. The van der Waals surface area contributed by atoms with Crippen LogP contribution in [0.3, 0.4) is 0 Å². The zero-order valence-corrected chi connectivity index (χ0v) is 8.60. The number of carbonyl (C=O) groups excluding carboxylic acids is 1. The Bertz CT molecular complexity index is 299. The summed E-state index contributed by atoms with van der Waals surface area (Å²) in [6.07, 6.45) is 0.649. The van der Waals surface area contributed by atoms with Gasteiger partial charge in [0.05, 0.1) is 20.5 Å². The van der Waals surface area contributed by atoms with Crippen molar-refractivity contribution in [2.24, 2.45) is 0 Å². The van der Waals surface area contributed by atoms with Crippen LogP contribution in [0, 0.1) is 0 Å². The highest BCUT2D eigenvalue weighted by Crippen LogP contribution is 2.23. The monoisotopic (exact) mass is 215 g/mol. The number of esters is 1. The number of ether oxygens (including phenoxy) is 2. The second-order valence-electron chi connectivity index (χ2n) is 3.17. The highest BCUT2D eigenvalue weighted by Gasteiger charge is 2.37. The molecule has 0 aromatic heterocycles. The SMILES string of the molecule is COC=C1CC(C(=O)OC)N(C(=O)O)C1. The van der Waals surface area contributed by atoms with Gasteiger partial charge in [0, 0.05) is 13.0 Å².